The molecule has 0 spiro atoms. The van der Waals surface area contributed by atoms with Crippen molar-refractivity contribution in [1.29, 1.82) is 0 Å². The van der Waals surface area contributed by atoms with E-state index in [4.69, 9.17) is 16.0 Å². The zero-order chi connectivity index (χ0) is 13.9. The van der Waals surface area contributed by atoms with Gasteiger partial charge in [-0.2, -0.15) is 0 Å². The largest absolute Gasteiger partial charge is 0.444 e. The van der Waals surface area contributed by atoms with E-state index in [0.717, 1.165) is 42.5 Å². The molecule has 1 atom stereocenters. The molecule has 0 bridgehead atoms. The molecule has 20 heavy (non-hydrogen) atoms. The summed E-state index contributed by atoms with van der Waals surface area (Å²) < 4.78 is 5.56. The number of benzene rings is 1. The third-order valence-corrected chi connectivity index (χ3v) is 3.73. The van der Waals surface area contributed by atoms with Crippen molar-refractivity contribution in [1.82, 2.24) is 15.2 Å². The van der Waals surface area contributed by atoms with E-state index >= 15 is 0 Å². The molecule has 1 fully saturated rings. The quantitative estimate of drug-likeness (QED) is 0.944. The smallest absolute Gasteiger partial charge is 0.226 e. The summed E-state index contributed by atoms with van der Waals surface area (Å²) in [4.78, 5) is 6.95. The van der Waals surface area contributed by atoms with E-state index in [2.05, 4.69) is 22.1 Å². The lowest BCUT2D eigenvalue weighted by Crippen LogP contribution is -2.48. The van der Waals surface area contributed by atoms with Crippen LogP contribution in [0.1, 0.15) is 12.6 Å². The van der Waals surface area contributed by atoms with E-state index in [1.807, 2.05) is 24.3 Å². The minimum absolute atomic E-state index is 0.534. The van der Waals surface area contributed by atoms with Crippen LogP contribution in [0.3, 0.4) is 0 Å². The van der Waals surface area contributed by atoms with Gasteiger partial charge in [-0.15, -0.1) is 0 Å². The van der Waals surface area contributed by atoms with E-state index in [-0.39, 0.29) is 0 Å². The predicted molar refractivity (Wildman–Crippen MR) is 79.7 cm³/mol. The first kappa shape index (κ1) is 13.6. The van der Waals surface area contributed by atoms with Gasteiger partial charge in [0.25, 0.3) is 0 Å². The summed E-state index contributed by atoms with van der Waals surface area (Å²) in [5.74, 6) is 0.653. The summed E-state index contributed by atoms with van der Waals surface area (Å²) in [5, 5.41) is 4.15. The van der Waals surface area contributed by atoms with Gasteiger partial charge in [-0.1, -0.05) is 11.6 Å². The minimum atomic E-state index is 0.534. The average molecular weight is 292 g/mol. The van der Waals surface area contributed by atoms with Crippen LogP contribution in [-0.4, -0.2) is 35.6 Å². The molecule has 0 amide bonds. The van der Waals surface area contributed by atoms with E-state index in [1.54, 1.807) is 6.26 Å². The molecule has 106 valence electrons. The molecule has 1 saturated heterocycles. The Hall–Kier alpha value is -1.36. The number of hydrogen-bond acceptors (Lipinski definition) is 4. The van der Waals surface area contributed by atoms with Gasteiger partial charge in [0.15, 0.2) is 0 Å². The Morgan fingerprint density at radius 2 is 2.20 bits per heavy atom. The molecule has 2 aromatic rings. The number of piperazine rings is 1. The van der Waals surface area contributed by atoms with Gasteiger partial charge in [0.1, 0.15) is 6.26 Å². The highest BCUT2D eigenvalue weighted by atomic mass is 35.5. The van der Waals surface area contributed by atoms with Crippen LogP contribution < -0.4 is 5.32 Å². The van der Waals surface area contributed by atoms with Crippen LogP contribution in [0, 0.1) is 0 Å². The van der Waals surface area contributed by atoms with Crippen LogP contribution >= 0.6 is 11.6 Å². The molecular weight excluding hydrogens is 274 g/mol. The Kier molecular flexibility index (Phi) is 4.05. The number of hydrogen-bond donors (Lipinski definition) is 1. The van der Waals surface area contributed by atoms with E-state index < -0.39 is 0 Å². The average Bonchev–Trinajstić information content (AvgIpc) is 2.88. The van der Waals surface area contributed by atoms with E-state index in [0.29, 0.717) is 11.9 Å². The molecule has 1 aliphatic heterocycles. The lowest BCUT2D eigenvalue weighted by molar-refractivity contribution is 0.197. The van der Waals surface area contributed by atoms with Crippen LogP contribution in [0.4, 0.5) is 0 Å². The first-order chi connectivity index (χ1) is 9.70. The van der Waals surface area contributed by atoms with Gasteiger partial charge in [0.05, 0.1) is 5.69 Å². The fourth-order valence-electron chi connectivity index (χ4n) is 2.49. The summed E-state index contributed by atoms with van der Waals surface area (Å²) >= 11 is 5.88. The molecule has 1 aromatic heterocycles. The summed E-state index contributed by atoms with van der Waals surface area (Å²) in [6.07, 6.45) is 1.75. The van der Waals surface area contributed by atoms with Gasteiger partial charge in [-0.25, -0.2) is 4.98 Å². The number of oxazole rings is 1. The molecule has 3 rings (SSSR count). The maximum absolute atomic E-state index is 5.88. The molecule has 4 nitrogen and oxygen atoms in total. The first-order valence-corrected chi connectivity index (χ1v) is 7.24. The normalized spacial score (nSPS) is 20.2. The maximum Gasteiger partial charge on any atom is 0.226 e. The lowest BCUT2D eigenvalue weighted by Gasteiger charge is -2.31. The second kappa shape index (κ2) is 5.95. The monoisotopic (exact) mass is 291 g/mol. The molecule has 0 aliphatic carbocycles. The summed E-state index contributed by atoms with van der Waals surface area (Å²) in [5.41, 5.74) is 1.93. The highest BCUT2D eigenvalue weighted by molar-refractivity contribution is 6.30. The van der Waals surface area contributed by atoms with E-state index in [1.165, 1.54) is 0 Å². The number of rotatable bonds is 3. The highest BCUT2D eigenvalue weighted by Crippen LogP contribution is 2.21. The zero-order valence-corrected chi connectivity index (χ0v) is 12.2. The fraction of sp³-hybridized carbons (Fsp3) is 0.400. The van der Waals surface area contributed by atoms with Crippen molar-refractivity contribution < 1.29 is 4.42 Å². The molecule has 0 unspecified atom stereocenters. The Morgan fingerprint density at radius 3 is 2.95 bits per heavy atom. The van der Waals surface area contributed by atoms with Gasteiger partial charge in [0.2, 0.25) is 5.89 Å². The van der Waals surface area contributed by atoms with Crippen molar-refractivity contribution in [2.75, 3.05) is 19.6 Å². The molecule has 2 heterocycles. The number of halogens is 1. The molecule has 1 N–H and O–H groups in total. The summed E-state index contributed by atoms with van der Waals surface area (Å²) in [6, 6.07) is 8.07. The van der Waals surface area contributed by atoms with Crippen molar-refractivity contribution in [3.8, 4) is 11.5 Å². The number of aromatic nitrogens is 1. The lowest BCUT2D eigenvalue weighted by atomic mass is 10.2. The van der Waals surface area contributed by atoms with Crippen LogP contribution in [0.5, 0.6) is 0 Å². The fourth-order valence-corrected chi connectivity index (χ4v) is 2.62. The SMILES string of the molecule is C[C@H]1CN(Cc2coc(-c3ccc(Cl)cc3)n2)CCN1. The third-order valence-electron chi connectivity index (χ3n) is 3.48. The topological polar surface area (TPSA) is 41.3 Å². The van der Waals surface area contributed by atoms with Gasteiger partial charge in [0, 0.05) is 42.8 Å². The molecule has 1 aliphatic rings. The predicted octanol–water partition coefficient (Wildman–Crippen LogP) is 2.79. The van der Waals surface area contributed by atoms with Crippen molar-refractivity contribution >= 4 is 11.6 Å². The highest BCUT2D eigenvalue weighted by Gasteiger charge is 2.17. The van der Waals surface area contributed by atoms with Gasteiger partial charge in [-0.05, 0) is 31.2 Å². The van der Waals surface area contributed by atoms with Gasteiger partial charge in [-0.3, -0.25) is 4.90 Å². The Bertz CT molecular complexity index is 567. The second-order valence-electron chi connectivity index (χ2n) is 5.24. The van der Waals surface area contributed by atoms with Crippen LogP contribution in [-0.2, 0) is 6.54 Å². The Morgan fingerprint density at radius 1 is 1.40 bits per heavy atom. The van der Waals surface area contributed by atoms with Gasteiger partial charge < -0.3 is 9.73 Å². The Balaban J connectivity index is 1.69. The van der Waals surface area contributed by atoms with Crippen molar-refractivity contribution in [3.63, 3.8) is 0 Å². The van der Waals surface area contributed by atoms with Crippen molar-refractivity contribution in [2.45, 2.75) is 19.5 Å². The van der Waals surface area contributed by atoms with Gasteiger partial charge >= 0.3 is 0 Å². The molecular formula is C15H18ClN3O. The Labute approximate surface area is 123 Å². The minimum Gasteiger partial charge on any atom is -0.444 e. The van der Waals surface area contributed by atoms with Crippen LogP contribution in [0.2, 0.25) is 5.02 Å². The third kappa shape index (κ3) is 3.20. The number of nitrogens with one attached hydrogen (secondary N) is 1. The first-order valence-electron chi connectivity index (χ1n) is 6.87. The van der Waals surface area contributed by atoms with Crippen molar-refractivity contribution in [2.24, 2.45) is 0 Å². The van der Waals surface area contributed by atoms with Crippen LogP contribution in [0.15, 0.2) is 34.9 Å². The molecule has 0 radical (unpaired) electrons. The maximum atomic E-state index is 5.88. The molecule has 5 heteroatoms. The zero-order valence-electron chi connectivity index (χ0n) is 11.5. The van der Waals surface area contributed by atoms with E-state index in [9.17, 15) is 0 Å². The standard InChI is InChI=1S/C15H18ClN3O/c1-11-8-19(7-6-17-11)9-14-10-20-15(18-14)12-2-4-13(16)5-3-12/h2-5,10-11,17H,6-9H2,1H3/t11-/m0/s1. The molecule has 1 aromatic carbocycles. The van der Waals surface area contributed by atoms with Crippen LogP contribution in [0.25, 0.3) is 11.5 Å². The summed E-state index contributed by atoms with van der Waals surface area (Å²) in [7, 11) is 0. The van der Waals surface area contributed by atoms with Crippen molar-refractivity contribution in [3.05, 3.63) is 41.2 Å². The molecule has 0 saturated carbocycles. The second-order valence-corrected chi connectivity index (χ2v) is 5.68. The number of nitrogens with zero attached hydrogens (tertiary/aromatic N) is 2. The summed E-state index contributed by atoms with van der Waals surface area (Å²) in [6.45, 7) is 6.16.